The summed E-state index contributed by atoms with van der Waals surface area (Å²) < 4.78 is 0.958. The Hall–Kier alpha value is -0.716. The molecule has 0 aliphatic rings. The van der Waals surface area contributed by atoms with Crippen LogP contribution in [0.4, 0.5) is 0 Å². The molecule has 0 aromatic carbocycles. The van der Waals surface area contributed by atoms with Gasteiger partial charge in [0, 0.05) is 0 Å². The number of nitrogens with zero attached hydrogens (tertiary/aromatic N) is 2. The van der Waals surface area contributed by atoms with Gasteiger partial charge in [-0.05, 0) is 22.6 Å². The molecule has 0 unspecified atom stereocenters. The SMILES string of the molecule is C#C[Si](C)(C)C.C[Si](C)(C)C#Cc1cn[nH]c1Cl.Clc1[nH]ncc1I. The highest BCUT2D eigenvalue weighted by Gasteiger charge is 2.08. The summed E-state index contributed by atoms with van der Waals surface area (Å²) in [5.74, 6) is 3.02. The van der Waals surface area contributed by atoms with Crippen molar-refractivity contribution in [3.05, 3.63) is 31.8 Å². The zero-order valence-corrected chi connectivity index (χ0v) is 20.9. The van der Waals surface area contributed by atoms with Crippen LogP contribution in [0, 0.1) is 27.0 Å². The maximum Gasteiger partial charge on any atom is 0.139 e. The first kappa shape index (κ1) is 24.3. The average Bonchev–Trinajstić information content (AvgIpc) is 3.06. The molecule has 0 aliphatic carbocycles. The van der Waals surface area contributed by atoms with Gasteiger partial charge in [0.15, 0.2) is 0 Å². The van der Waals surface area contributed by atoms with Gasteiger partial charge in [0.25, 0.3) is 0 Å². The third kappa shape index (κ3) is 13.2. The summed E-state index contributed by atoms with van der Waals surface area (Å²) in [5, 5.41) is 13.8. The van der Waals surface area contributed by atoms with Crippen molar-refractivity contribution in [3.8, 4) is 23.4 Å². The fourth-order valence-electron chi connectivity index (χ4n) is 0.868. The van der Waals surface area contributed by atoms with Gasteiger partial charge in [-0.2, -0.15) is 10.2 Å². The van der Waals surface area contributed by atoms with E-state index in [1.165, 1.54) is 0 Å². The van der Waals surface area contributed by atoms with Crippen molar-refractivity contribution in [2.75, 3.05) is 0 Å². The Morgan fingerprint density at radius 2 is 1.44 bits per heavy atom. The van der Waals surface area contributed by atoms with E-state index >= 15 is 0 Å². The van der Waals surface area contributed by atoms with Crippen LogP contribution in [0.5, 0.6) is 0 Å². The molecule has 0 aliphatic heterocycles. The van der Waals surface area contributed by atoms with Gasteiger partial charge < -0.3 is 0 Å². The molecule has 0 amide bonds. The van der Waals surface area contributed by atoms with Crippen LogP contribution in [0.15, 0.2) is 12.4 Å². The lowest BCUT2D eigenvalue weighted by Crippen LogP contribution is -2.16. The predicted molar refractivity (Wildman–Crippen MR) is 122 cm³/mol. The Kier molecular flexibility index (Phi) is 10.8. The van der Waals surface area contributed by atoms with Crippen LogP contribution < -0.4 is 0 Å². The van der Waals surface area contributed by atoms with Gasteiger partial charge in [-0.25, -0.2) is 0 Å². The molecule has 25 heavy (non-hydrogen) atoms. The first-order chi connectivity index (χ1) is 11.4. The summed E-state index contributed by atoms with van der Waals surface area (Å²) in [5.41, 5.74) is 6.74. The predicted octanol–water partition coefficient (Wildman–Crippen LogP) is 5.46. The quantitative estimate of drug-likeness (QED) is 0.273. The van der Waals surface area contributed by atoms with Gasteiger partial charge >= 0.3 is 0 Å². The Labute approximate surface area is 176 Å². The van der Waals surface area contributed by atoms with Gasteiger partial charge in [-0.3, -0.25) is 10.2 Å². The molecule has 0 bridgehead atoms. The van der Waals surface area contributed by atoms with E-state index in [9.17, 15) is 0 Å². The number of halogens is 3. The van der Waals surface area contributed by atoms with Gasteiger partial charge in [-0.15, -0.1) is 17.5 Å². The molecule has 0 fully saturated rings. The summed E-state index contributed by atoms with van der Waals surface area (Å²) in [4.78, 5) is 0. The van der Waals surface area contributed by atoms with Gasteiger partial charge in [0.2, 0.25) is 0 Å². The minimum Gasteiger partial charge on any atom is -0.266 e. The van der Waals surface area contributed by atoms with Gasteiger partial charge in [-0.1, -0.05) is 68.4 Å². The number of nitrogens with one attached hydrogen (secondary N) is 2. The topological polar surface area (TPSA) is 57.4 Å². The molecule has 0 spiro atoms. The maximum atomic E-state index is 5.76. The number of hydrogen-bond acceptors (Lipinski definition) is 2. The van der Waals surface area contributed by atoms with Crippen LogP contribution in [-0.4, -0.2) is 36.5 Å². The van der Waals surface area contributed by atoms with Crippen molar-refractivity contribution in [3.63, 3.8) is 0 Å². The molecule has 9 heteroatoms. The first-order valence-electron chi connectivity index (χ1n) is 7.40. The van der Waals surface area contributed by atoms with Crippen molar-refractivity contribution in [2.24, 2.45) is 0 Å². The summed E-state index contributed by atoms with van der Waals surface area (Å²) in [7, 11) is -2.40. The summed E-state index contributed by atoms with van der Waals surface area (Å²) in [6.07, 6.45) is 8.44. The minimum atomic E-state index is -1.30. The molecule has 2 rings (SSSR count). The molecule has 2 heterocycles. The Morgan fingerprint density at radius 3 is 1.68 bits per heavy atom. The maximum absolute atomic E-state index is 5.76. The van der Waals surface area contributed by atoms with Crippen LogP contribution in [0.3, 0.4) is 0 Å². The molecule has 4 nitrogen and oxygen atoms in total. The molecular formula is C16H23Cl2IN4Si2. The lowest BCUT2D eigenvalue weighted by Gasteiger charge is -2.02. The van der Waals surface area contributed by atoms with Crippen LogP contribution >= 0.6 is 45.8 Å². The second-order valence-electron chi connectivity index (χ2n) is 7.02. The lowest BCUT2D eigenvalue weighted by molar-refractivity contribution is 1.09. The van der Waals surface area contributed by atoms with Crippen molar-refractivity contribution in [1.82, 2.24) is 20.4 Å². The second-order valence-corrected chi connectivity index (χ2v) is 18.5. The minimum absolute atomic E-state index is 0.528. The zero-order chi connectivity index (χ0) is 19.7. The summed E-state index contributed by atoms with van der Waals surface area (Å²) in [6.45, 7) is 13.0. The van der Waals surface area contributed by atoms with E-state index in [-0.39, 0.29) is 0 Å². The fourth-order valence-corrected chi connectivity index (χ4v) is 1.88. The van der Waals surface area contributed by atoms with Crippen molar-refractivity contribution in [1.29, 1.82) is 0 Å². The monoisotopic (exact) mass is 524 g/mol. The number of aromatic nitrogens is 4. The van der Waals surface area contributed by atoms with Gasteiger partial charge in [0.1, 0.15) is 26.5 Å². The Bertz CT molecular complexity index is 739. The smallest absolute Gasteiger partial charge is 0.139 e. The highest BCUT2D eigenvalue weighted by Crippen LogP contribution is 2.12. The van der Waals surface area contributed by atoms with E-state index in [1.807, 2.05) is 0 Å². The van der Waals surface area contributed by atoms with Crippen molar-refractivity contribution >= 4 is 61.9 Å². The molecule has 136 valence electrons. The van der Waals surface area contributed by atoms with E-state index < -0.39 is 16.1 Å². The molecule has 0 saturated heterocycles. The van der Waals surface area contributed by atoms with Crippen LogP contribution in [-0.2, 0) is 0 Å². The second kappa shape index (κ2) is 11.1. The van der Waals surface area contributed by atoms with Crippen molar-refractivity contribution < 1.29 is 0 Å². The van der Waals surface area contributed by atoms with Crippen LogP contribution in [0.1, 0.15) is 5.56 Å². The molecule has 0 atom stereocenters. The largest absolute Gasteiger partial charge is 0.266 e. The molecule has 2 N–H and O–H groups in total. The van der Waals surface area contributed by atoms with E-state index in [0.717, 1.165) is 9.13 Å². The third-order valence-electron chi connectivity index (χ3n) is 2.15. The molecule has 0 saturated carbocycles. The van der Waals surface area contributed by atoms with E-state index in [0.29, 0.717) is 10.3 Å². The normalized spacial score (nSPS) is 10.2. The number of hydrogen-bond donors (Lipinski definition) is 2. The molecule has 2 aromatic heterocycles. The standard InChI is InChI=1S/C8H11ClN2Si.C5H10Si.C3H2ClIN2/c1-12(2,3)5-4-7-6-10-11-8(7)9;1-5-6(2,3)4;4-3-2(5)1-6-7-3/h6H,1-3H3,(H,10,11);1H,2-4H3;1H,(H,6,7). The van der Waals surface area contributed by atoms with E-state index in [4.69, 9.17) is 29.6 Å². The average molecular weight is 525 g/mol. The van der Waals surface area contributed by atoms with Gasteiger partial charge in [0.05, 0.1) is 21.5 Å². The Balaban J connectivity index is 0.000000378. The molecule has 2 aromatic rings. The fraction of sp³-hybridized carbons (Fsp3) is 0.375. The Morgan fingerprint density at radius 1 is 0.960 bits per heavy atom. The lowest BCUT2D eigenvalue weighted by atomic mass is 10.4. The van der Waals surface area contributed by atoms with E-state index in [2.05, 4.69) is 99.3 Å². The molecule has 0 radical (unpaired) electrons. The summed E-state index contributed by atoms with van der Waals surface area (Å²) >= 11 is 13.4. The van der Waals surface area contributed by atoms with Crippen molar-refractivity contribution in [2.45, 2.75) is 39.3 Å². The zero-order valence-electron chi connectivity index (χ0n) is 15.3. The van der Waals surface area contributed by atoms with E-state index in [1.54, 1.807) is 12.4 Å². The number of H-pyrrole nitrogens is 2. The number of terminal acetylenes is 1. The summed E-state index contributed by atoms with van der Waals surface area (Å²) in [6, 6.07) is 0. The number of rotatable bonds is 0. The molecular weight excluding hydrogens is 502 g/mol. The van der Waals surface area contributed by atoms with Crippen LogP contribution in [0.2, 0.25) is 49.6 Å². The van der Waals surface area contributed by atoms with Crippen LogP contribution in [0.25, 0.3) is 0 Å². The number of aromatic amines is 2. The highest BCUT2D eigenvalue weighted by molar-refractivity contribution is 14.1. The first-order valence-corrected chi connectivity index (χ1v) is 16.2. The highest BCUT2D eigenvalue weighted by atomic mass is 127. The third-order valence-corrected chi connectivity index (χ3v) is 5.60.